The highest BCUT2D eigenvalue weighted by molar-refractivity contribution is 8.16. The molecule has 1 aromatic rings. The Morgan fingerprint density at radius 1 is 1.21 bits per heavy atom. The largest absolute Gasteiger partial charge is 0.484 e. The molecule has 3 rings (SSSR count). The third kappa shape index (κ3) is 6.06. The van der Waals surface area contributed by atoms with Crippen LogP contribution in [0.4, 0.5) is 0 Å². The Morgan fingerprint density at radius 2 is 1.96 bits per heavy atom. The molecule has 2 heterocycles. The average molecular weight is 389 g/mol. The number of carbonyl (C=O) groups is 1. The molecule has 0 aromatic heterocycles. The third-order valence-corrected chi connectivity index (χ3v) is 7.03. The van der Waals surface area contributed by atoms with Crippen molar-refractivity contribution in [1.82, 2.24) is 10.6 Å². The Balaban J connectivity index is 0.00000208. The zero-order chi connectivity index (χ0) is 15.9. The van der Waals surface area contributed by atoms with E-state index < -0.39 is 0 Å². The number of ether oxygens (including phenoxy) is 1. The van der Waals surface area contributed by atoms with E-state index in [-0.39, 0.29) is 31.0 Å². The van der Waals surface area contributed by atoms with Crippen molar-refractivity contribution in [3.05, 3.63) is 29.8 Å². The van der Waals surface area contributed by atoms with Gasteiger partial charge >= 0.3 is 0 Å². The molecule has 0 saturated carbocycles. The highest BCUT2D eigenvalue weighted by Crippen LogP contribution is 2.43. The van der Waals surface area contributed by atoms with Crippen molar-refractivity contribution in [3.63, 3.8) is 0 Å². The van der Waals surface area contributed by atoms with Crippen molar-refractivity contribution in [1.29, 1.82) is 0 Å². The molecule has 2 fully saturated rings. The van der Waals surface area contributed by atoms with Gasteiger partial charge in [0.2, 0.25) is 0 Å². The van der Waals surface area contributed by atoms with Crippen LogP contribution < -0.4 is 15.4 Å². The SMILES string of the molecule is Cl.O=C(COc1ccc(C2SCCCS2)cc1)N[C@H]1CCCNC1. The summed E-state index contributed by atoms with van der Waals surface area (Å²) in [6.07, 6.45) is 3.47. The standard InChI is InChI=1S/C17H24N2O2S2.ClH/c20-16(19-14-3-1-8-18-11-14)12-21-15-6-4-13(5-7-15)17-22-9-2-10-23-17;/h4-7,14,17-18H,1-3,8-12H2,(H,19,20);1H/t14-;/m0./s1. The van der Waals surface area contributed by atoms with Gasteiger partial charge in [-0.2, -0.15) is 0 Å². The van der Waals surface area contributed by atoms with E-state index in [4.69, 9.17) is 4.74 Å². The Morgan fingerprint density at radius 3 is 2.62 bits per heavy atom. The second-order valence-corrected chi connectivity index (χ2v) is 8.62. The van der Waals surface area contributed by atoms with Crippen LogP contribution in [0, 0.1) is 0 Å². The van der Waals surface area contributed by atoms with Crippen LogP contribution >= 0.6 is 35.9 Å². The number of amides is 1. The highest BCUT2D eigenvalue weighted by atomic mass is 35.5. The zero-order valence-corrected chi connectivity index (χ0v) is 16.1. The van der Waals surface area contributed by atoms with Crippen LogP contribution in [-0.4, -0.2) is 43.2 Å². The second kappa shape index (κ2) is 10.4. The highest BCUT2D eigenvalue weighted by Gasteiger charge is 2.17. The van der Waals surface area contributed by atoms with Crippen molar-refractivity contribution in [3.8, 4) is 5.75 Å². The smallest absolute Gasteiger partial charge is 0.258 e. The van der Waals surface area contributed by atoms with Crippen molar-refractivity contribution < 1.29 is 9.53 Å². The molecule has 2 aliphatic rings. The summed E-state index contributed by atoms with van der Waals surface area (Å²) < 4.78 is 6.15. The predicted octanol–water partition coefficient (Wildman–Crippen LogP) is 3.22. The molecule has 0 radical (unpaired) electrons. The normalized spacial score (nSPS) is 21.6. The number of benzene rings is 1. The summed E-state index contributed by atoms with van der Waals surface area (Å²) in [5.74, 6) is 3.20. The van der Waals surface area contributed by atoms with Gasteiger partial charge in [-0.15, -0.1) is 35.9 Å². The van der Waals surface area contributed by atoms with Gasteiger partial charge in [0.1, 0.15) is 5.75 Å². The van der Waals surface area contributed by atoms with Crippen molar-refractivity contribution in [2.75, 3.05) is 31.2 Å². The Bertz CT molecular complexity index is 504. The van der Waals surface area contributed by atoms with Crippen LogP contribution in [0.5, 0.6) is 5.75 Å². The molecule has 0 bridgehead atoms. The van der Waals surface area contributed by atoms with Crippen LogP contribution in [0.2, 0.25) is 0 Å². The quantitative estimate of drug-likeness (QED) is 0.811. The van der Waals surface area contributed by atoms with Crippen LogP contribution in [0.1, 0.15) is 29.4 Å². The van der Waals surface area contributed by atoms with Crippen molar-refractivity contribution >= 4 is 41.8 Å². The first kappa shape index (κ1) is 19.8. The Hall–Kier alpha value is -0.560. The van der Waals surface area contributed by atoms with E-state index in [9.17, 15) is 4.79 Å². The molecule has 134 valence electrons. The van der Waals surface area contributed by atoms with Gasteiger partial charge in [0.05, 0.1) is 4.58 Å². The minimum Gasteiger partial charge on any atom is -0.484 e. The van der Waals surface area contributed by atoms with E-state index in [1.165, 1.54) is 23.5 Å². The van der Waals surface area contributed by atoms with Crippen LogP contribution in [0.25, 0.3) is 0 Å². The lowest BCUT2D eigenvalue weighted by Gasteiger charge is -2.23. The van der Waals surface area contributed by atoms with Gasteiger partial charge < -0.3 is 15.4 Å². The fraction of sp³-hybridized carbons (Fsp3) is 0.588. The zero-order valence-electron chi connectivity index (χ0n) is 13.7. The maximum Gasteiger partial charge on any atom is 0.258 e. The van der Waals surface area contributed by atoms with Gasteiger partial charge in [-0.3, -0.25) is 4.79 Å². The summed E-state index contributed by atoms with van der Waals surface area (Å²) in [4.78, 5) is 11.9. The molecule has 0 spiro atoms. The van der Waals surface area contributed by atoms with E-state index in [1.54, 1.807) is 0 Å². The minimum absolute atomic E-state index is 0. The second-order valence-electron chi connectivity index (χ2n) is 5.90. The Kier molecular flexibility index (Phi) is 8.59. The molecule has 7 heteroatoms. The summed E-state index contributed by atoms with van der Waals surface area (Å²) in [5, 5.41) is 6.31. The molecule has 2 aliphatic heterocycles. The lowest BCUT2D eigenvalue weighted by Crippen LogP contribution is -2.46. The van der Waals surface area contributed by atoms with Crippen LogP contribution in [0.15, 0.2) is 24.3 Å². The van der Waals surface area contributed by atoms with Gasteiger partial charge in [-0.05, 0) is 55.0 Å². The van der Waals surface area contributed by atoms with E-state index in [0.29, 0.717) is 4.58 Å². The number of nitrogens with one attached hydrogen (secondary N) is 2. The number of carbonyl (C=O) groups excluding carboxylic acids is 1. The van der Waals surface area contributed by atoms with E-state index >= 15 is 0 Å². The van der Waals surface area contributed by atoms with E-state index in [1.807, 2.05) is 35.7 Å². The maximum absolute atomic E-state index is 11.9. The van der Waals surface area contributed by atoms with Crippen LogP contribution in [-0.2, 0) is 4.79 Å². The number of hydrogen-bond donors (Lipinski definition) is 2. The number of halogens is 1. The fourth-order valence-corrected chi connectivity index (χ4v) is 5.69. The molecule has 4 nitrogen and oxygen atoms in total. The monoisotopic (exact) mass is 388 g/mol. The van der Waals surface area contributed by atoms with Gasteiger partial charge in [0.15, 0.2) is 6.61 Å². The maximum atomic E-state index is 11.9. The summed E-state index contributed by atoms with van der Waals surface area (Å²) in [7, 11) is 0. The summed E-state index contributed by atoms with van der Waals surface area (Å²) in [6.45, 7) is 1.99. The molecule has 1 atom stereocenters. The summed E-state index contributed by atoms with van der Waals surface area (Å²) in [6, 6.07) is 8.42. The molecule has 2 N–H and O–H groups in total. The van der Waals surface area contributed by atoms with Gasteiger partial charge in [0, 0.05) is 12.6 Å². The molecule has 1 amide bonds. The molecule has 24 heavy (non-hydrogen) atoms. The van der Waals surface area contributed by atoms with Gasteiger partial charge in [0.25, 0.3) is 5.91 Å². The predicted molar refractivity (Wildman–Crippen MR) is 105 cm³/mol. The van der Waals surface area contributed by atoms with Gasteiger partial charge in [-0.25, -0.2) is 0 Å². The first-order chi connectivity index (χ1) is 11.3. The lowest BCUT2D eigenvalue weighted by molar-refractivity contribution is -0.123. The third-order valence-electron chi connectivity index (χ3n) is 4.01. The number of thioether (sulfide) groups is 2. The minimum atomic E-state index is -0.0406. The fourth-order valence-electron chi connectivity index (χ4n) is 2.79. The molecule has 2 saturated heterocycles. The van der Waals surface area contributed by atoms with Crippen molar-refractivity contribution in [2.24, 2.45) is 0 Å². The van der Waals surface area contributed by atoms with Gasteiger partial charge in [-0.1, -0.05) is 12.1 Å². The Labute approximate surface area is 158 Å². The number of piperidine rings is 1. The molecular weight excluding hydrogens is 364 g/mol. The average Bonchev–Trinajstić information content (AvgIpc) is 2.62. The number of hydrogen-bond acceptors (Lipinski definition) is 5. The lowest BCUT2D eigenvalue weighted by atomic mass is 10.1. The first-order valence-corrected chi connectivity index (χ1v) is 10.4. The summed E-state index contributed by atoms with van der Waals surface area (Å²) in [5.41, 5.74) is 1.34. The van der Waals surface area contributed by atoms with Crippen LogP contribution in [0.3, 0.4) is 0 Å². The molecule has 0 unspecified atom stereocenters. The van der Waals surface area contributed by atoms with Crippen molar-refractivity contribution in [2.45, 2.75) is 29.9 Å². The first-order valence-electron chi connectivity index (χ1n) is 8.27. The molecule has 1 aromatic carbocycles. The topological polar surface area (TPSA) is 50.4 Å². The van der Waals surface area contributed by atoms with E-state index in [0.717, 1.165) is 31.7 Å². The molecular formula is C17H25ClN2O2S2. The summed E-state index contributed by atoms with van der Waals surface area (Å²) >= 11 is 4.02. The molecule has 0 aliphatic carbocycles. The number of rotatable bonds is 5. The van der Waals surface area contributed by atoms with E-state index in [2.05, 4.69) is 22.8 Å².